The van der Waals surface area contributed by atoms with E-state index < -0.39 is 0 Å². The van der Waals surface area contributed by atoms with Crippen molar-refractivity contribution in [3.63, 3.8) is 0 Å². The second-order valence-electron chi connectivity index (χ2n) is 5.12. The molecule has 1 aromatic rings. The van der Waals surface area contributed by atoms with Gasteiger partial charge in [-0.2, -0.15) is 0 Å². The Labute approximate surface area is 110 Å². The molecule has 1 fully saturated rings. The zero-order valence-corrected chi connectivity index (χ0v) is 11.5. The van der Waals surface area contributed by atoms with Crippen LogP contribution in [0, 0.1) is 0 Å². The Morgan fingerprint density at radius 1 is 1.33 bits per heavy atom. The molecule has 1 saturated heterocycles. The zero-order chi connectivity index (χ0) is 12.8. The summed E-state index contributed by atoms with van der Waals surface area (Å²) < 4.78 is 5.69. The molecule has 1 aromatic heterocycles. The van der Waals surface area contributed by atoms with E-state index in [1.807, 2.05) is 12.4 Å². The molecule has 0 bridgehead atoms. The topological polar surface area (TPSA) is 34.1 Å². The fourth-order valence-corrected chi connectivity index (χ4v) is 2.82. The number of aromatic nitrogens is 1. The van der Waals surface area contributed by atoms with Gasteiger partial charge < -0.3 is 10.1 Å². The van der Waals surface area contributed by atoms with Gasteiger partial charge in [-0.15, -0.1) is 0 Å². The molecule has 1 N–H and O–H groups in total. The SMILES string of the molecule is CCCOc1cncc(C2(CCC)CCCN2)c1. The van der Waals surface area contributed by atoms with Gasteiger partial charge in [-0.05, 0) is 43.9 Å². The quantitative estimate of drug-likeness (QED) is 0.839. The fraction of sp³-hybridized carbons (Fsp3) is 0.667. The van der Waals surface area contributed by atoms with Crippen molar-refractivity contribution in [2.75, 3.05) is 13.2 Å². The highest BCUT2D eigenvalue weighted by atomic mass is 16.5. The highest BCUT2D eigenvalue weighted by Gasteiger charge is 2.34. The summed E-state index contributed by atoms with van der Waals surface area (Å²) in [6.07, 6.45) is 9.65. The van der Waals surface area contributed by atoms with E-state index in [0.29, 0.717) is 0 Å². The van der Waals surface area contributed by atoms with Crippen LogP contribution in [0.5, 0.6) is 5.75 Å². The van der Waals surface area contributed by atoms with Gasteiger partial charge in [0.1, 0.15) is 5.75 Å². The van der Waals surface area contributed by atoms with Gasteiger partial charge in [0, 0.05) is 11.7 Å². The molecule has 3 heteroatoms. The van der Waals surface area contributed by atoms with E-state index in [4.69, 9.17) is 4.74 Å². The van der Waals surface area contributed by atoms with Gasteiger partial charge in [0.15, 0.2) is 0 Å². The summed E-state index contributed by atoms with van der Waals surface area (Å²) in [4.78, 5) is 4.34. The maximum Gasteiger partial charge on any atom is 0.137 e. The smallest absolute Gasteiger partial charge is 0.137 e. The van der Waals surface area contributed by atoms with Crippen molar-refractivity contribution >= 4 is 0 Å². The summed E-state index contributed by atoms with van der Waals surface area (Å²) in [7, 11) is 0. The normalized spacial score (nSPS) is 23.2. The van der Waals surface area contributed by atoms with Crippen LogP contribution in [-0.2, 0) is 5.54 Å². The molecule has 0 amide bonds. The molecule has 0 aromatic carbocycles. The molecule has 2 heterocycles. The fourth-order valence-electron chi connectivity index (χ4n) is 2.82. The molecule has 3 nitrogen and oxygen atoms in total. The lowest BCUT2D eigenvalue weighted by molar-refractivity contribution is 0.311. The van der Waals surface area contributed by atoms with Gasteiger partial charge in [0.2, 0.25) is 0 Å². The Kier molecular flexibility index (Phi) is 4.59. The van der Waals surface area contributed by atoms with Gasteiger partial charge >= 0.3 is 0 Å². The molecule has 100 valence electrons. The summed E-state index contributed by atoms with van der Waals surface area (Å²) in [5, 5.41) is 3.68. The number of hydrogen-bond donors (Lipinski definition) is 1. The molecule has 1 unspecified atom stereocenters. The molecule has 2 rings (SSSR count). The average Bonchev–Trinajstić information content (AvgIpc) is 2.87. The molecule has 18 heavy (non-hydrogen) atoms. The zero-order valence-electron chi connectivity index (χ0n) is 11.5. The monoisotopic (exact) mass is 248 g/mol. The van der Waals surface area contributed by atoms with Gasteiger partial charge in [-0.1, -0.05) is 20.3 Å². The van der Waals surface area contributed by atoms with Crippen LogP contribution in [0.4, 0.5) is 0 Å². The summed E-state index contributed by atoms with van der Waals surface area (Å²) in [5.74, 6) is 0.901. The summed E-state index contributed by atoms with van der Waals surface area (Å²) in [6.45, 7) is 6.24. The van der Waals surface area contributed by atoms with Crippen molar-refractivity contribution in [3.05, 3.63) is 24.0 Å². The van der Waals surface area contributed by atoms with Gasteiger partial charge in [0.25, 0.3) is 0 Å². The van der Waals surface area contributed by atoms with Crippen molar-refractivity contribution < 1.29 is 4.74 Å². The van der Waals surface area contributed by atoms with Crippen LogP contribution in [0.3, 0.4) is 0 Å². The van der Waals surface area contributed by atoms with E-state index in [1.54, 1.807) is 0 Å². The second kappa shape index (κ2) is 6.19. The van der Waals surface area contributed by atoms with E-state index in [9.17, 15) is 0 Å². The first kappa shape index (κ1) is 13.3. The van der Waals surface area contributed by atoms with Crippen molar-refractivity contribution in [2.45, 2.75) is 51.5 Å². The van der Waals surface area contributed by atoms with Crippen molar-refractivity contribution in [1.82, 2.24) is 10.3 Å². The minimum absolute atomic E-state index is 0.132. The summed E-state index contributed by atoms with van der Waals surface area (Å²) in [5.41, 5.74) is 1.42. The molecular formula is C15H24N2O. The maximum atomic E-state index is 5.69. The lowest BCUT2D eigenvalue weighted by Gasteiger charge is -2.29. The molecule has 0 saturated carbocycles. The number of nitrogens with zero attached hydrogens (tertiary/aromatic N) is 1. The van der Waals surface area contributed by atoms with Crippen LogP contribution in [0.2, 0.25) is 0 Å². The van der Waals surface area contributed by atoms with Crippen molar-refractivity contribution in [3.8, 4) is 5.75 Å². The number of ether oxygens (including phenoxy) is 1. The van der Waals surface area contributed by atoms with E-state index >= 15 is 0 Å². The summed E-state index contributed by atoms with van der Waals surface area (Å²) >= 11 is 0. The third-order valence-corrected chi connectivity index (χ3v) is 3.66. The first-order valence-electron chi connectivity index (χ1n) is 7.14. The van der Waals surface area contributed by atoms with Crippen LogP contribution in [0.1, 0.15) is 51.5 Å². The average molecular weight is 248 g/mol. The highest BCUT2D eigenvalue weighted by Crippen LogP contribution is 2.36. The van der Waals surface area contributed by atoms with Crippen LogP contribution >= 0.6 is 0 Å². The van der Waals surface area contributed by atoms with Crippen LogP contribution in [0.25, 0.3) is 0 Å². The highest BCUT2D eigenvalue weighted by molar-refractivity contribution is 5.30. The number of rotatable bonds is 6. The van der Waals surface area contributed by atoms with Crippen molar-refractivity contribution in [2.24, 2.45) is 0 Å². The Bertz CT molecular complexity index is 373. The number of nitrogens with one attached hydrogen (secondary N) is 1. The maximum absolute atomic E-state index is 5.69. The molecule has 0 spiro atoms. The molecule has 1 atom stereocenters. The first-order chi connectivity index (χ1) is 8.80. The standard InChI is InChI=1S/C15H24N2O/c1-3-6-15(7-5-8-17-15)13-10-14(12-16-11-13)18-9-4-2/h10-12,17H,3-9H2,1-2H3. The van der Waals surface area contributed by atoms with E-state index in [-0.39, 0.29) is 5.54 Å². The number of pyridine rings is 1. The van der Waals surface area contributed by atoms with E-state index in [1.165, 1.54) is 31.2 Å². The second-order valence-corrected chi connectivity index (χ2v) is 5.12. The lowest BCUT2D eigenvalue weighted by Crippen LogP contribution is -2.36. The predicted molar refractivity (Wildman–Crippen MR) is 73.8 cm³/mol. The van der Waals surface area contributed by atoms with Gasteiger partial charge in [-0.25, -0.2) is 0 Å². The molecular weight excluding hydrogens is 224 g/mol. The minimum atomic E-state index is 0.132. The Hall–Kier alpha value is -1.09. The third-order valence-electron chi connectivity index (χ3n) is 3.66. The Balaban J connectivity index is 2.19. The number of hydrogen-bond acceptors (Lipinski definition) is 3. The molecule has 0 radical (unpaired) electrons. The first-order valence-corrected chi connectivity index (χ1v) is 7.14. The van der Waals surface area contributed by atoms with Gasteiger partial charge in [-0.3, -0.25) is 4.98 Å². The molecule has 1 aliphatic heterocycles. The third kappa shape index (κ3) is 2.83. The van der Waals surface area contributed by atoms with E-state index in [0.717, 1.165) is 25.3 Å². The molecule has 0 aliphatic carbocycles. The predicted octanol–water partition coefficient (Wildman–Crippen LogP) is 3.25. The van der Waals surface area contributed by atoms with E-state index in [2.05, 4.69) is 30.2 Å². The Morgan fingerprint density at radius 2 is 2.22 bits per heavy atom. The van der Waals surface area contributed by atoms with Crippen LogP contribution < -0.4 is 10.1 Å². The van der Waals surface area contributed by atoms with Crippen LogP contribution in [0.15, 0.2) is 18.5 Å². The molecule has 1 aliphatic rings. The minimum Gasteiger partial charge on any atom is -0.492 e. The lowest BCUT2D eigenvalue weighted by atomic mass is 9.85. The largest absolute Gasteiger partial charge is 0.492 e. The van der Waals surface area contributed by atoms with Gasteiger partial charge in [0.05, 0.1) is 12.8 Å². The van der Waals surface area contributed by atoms with Crippen molar-refractivity contribution in [1.29, 1.82) is 0 Å². The summed E-state index contributed by atoms with van der Waals surface area (Å²) in [6, 6.07) is 2.16. The van der Waals surface area contributed by atoms with Crippen LogP contribution in [-0.4, -0.2) is 18.1 Å². The Morgan fingerprint density at radius 3 is 2.89 bits per heavy atom.